The van der Waals surface area contributed by atoms with Crippen molar-refractivity contribution in [3.63, 3.8) is 0 Å². The number of alkyl halides is 3. The van der Waals surface area contributed by atoms with Gasteiger partial charge in [-0.15, -0.1) is 0 Å². The Morgan fingerprint density at radius 1 is 1.40 bits per heavy atom. The van der Waals surface area contributed by atoms with E-state index in [2.05, 4.69) is 19.8 Å². The van der Waals surface area contributed by atoms with Gasteiger partial charge < -0.3 is 14.8 Å². The maximum atomic E-state index is 11.8. The van der Waals surface area contributed by atoms with E-state index in [1.165, 1.54) is 13.2 Å². The van der Waals surface area contributed by atoms with Crippen LogP contribution in [0.4, 0.5) is 19.0 Å². The highest BCUT2D eigenvalue weighted by molar-refractivity contribution is 5.90. The molecule has 0 aliphatic rings. The monoisotopic (exact) mass is 292 g/mol. The van der Waals surface area contributed by atoms with Gasteiger partial charge in [0.1, 0.15) is 12.4 Å². The summed E-state index contributed by atoms with van der Waals surface area (Å²) in [4.78, 5) is 15.4. The summed E-state index contributed by atoms with van der Waals surface area (Å²) < 4.78 is 44.4. The normalized spacial score (nSPS) is 11.2. The minimum atomic E-state index is -4.32. The quantitative estimate of drug-likeness (QED) is 0.643. The topological polar surface area (TPSA) is 60.5 Å². The van der Waals surface area contributed by atoms with Crippen molar-refractivity contribution >= 4 is 11.8 Å². The first-order valence-corrected chi connectivity index (χ1v) is 5.78. The number of hydrogen-bond acceptors (Lipinski definition) is 5. The number of nitrogens with zero attached hydrogens (tertiary/aromatic N) is 1. The molecule has 1 heterocycles. The maximum absolute atomic E-state index is 11.8. The lowest BCUT2D eigenvalue weighted by molar-refractivity contribution is -0.172. The van der Waals surface area contributed by atoms with E-state index >= 15 is 0 Å². The summed E-state index contributed by atoms with van der Waals surface area (Å²) in [5.74, 6) is -0.0409. The second-order valence-corrected chi connectivity index (χ2v) is 3.92. The zero-order valence-corrected chi connectivity index (χ0v) is 11.1. The summed E-state index contributed by atoms with van der Waals surface area (Å²) in [5, 5.41) is 2.80. The third kappa shape index (κ3) is 5.43. The van der Waals surface area contributed by atoms with Crippen LogP contribution in [0.3, 0.4) is 0 Å². The van der Waals surface area contributed by atoms with Crippen molar-refractivity contribution in [3.8, 4) is 0 Å². The molecule has 1 aromatic heterocycles. The van der Waals surface area contributed by atoms with E-state index in [4.69, 9.17) is 0 Å². The molecule has 0 spiro atoms. The number of ether oxygens (including phenoxy) is 2. The van der Waals surface area contributed by atoms with E-state index in [9.17, 15) is 18.0 Å². The van der Waals surface area contributed by atoms with E-state index in [1.54, 1.807) is 13.0 Å². The predicted molar refractivity (Wildman–Crippen MR) is 65.7 cm³/mol. The summed E-state index contributed by atoms with van der Waals surface area (Å²) in [5.41, 5.74) is 0.810. The average Bonchev–Trinajstić information content (AvgIpc) is 2.36. The van der Waals surface area contributed by atoms with Crippen LogP contribution in [0.25, 0.3) is 0 Å². The second kappa shape index (κ2) is 7.09. The molecule has 112 valence electrons. The molecule has 0 aliphatic carbocycles. The highest BCUT2D eigenvalue weighted by Gasteiger charge is 2.27. The number of anilines is 1. The first kappa shape index (κ1) is 16.2. The number of methoxy groups -OCH3 is 1. The van der Waals surface area contributed by atoms with Crippen molar-refractivity contribution in [2.45, 2.75) is 13.1 Å². The highest BCUT2D eigenvalue weighted by Crippen LogP contribution is 2.14. The van der Waals surface area contributed by atoms with Gasteiger partial charge in [0.15, 0.2) is 0 Å². The van der Waals surface area contributed by atoms with Gasteiger partial charge in [0.25, 0.3) is 0 Å². The van der Waals surface area contributed by atoms with E-state index in [0.717, 1.165) is 0 Å². The Hall–Kier alpha value is -1.83. The van der Waals surface area contributed by atoms with E-state index in [0.29, 0.717) is 17.1 Å². The first-order chi connectivity index (χ1) is 9.33. The molecule has 5 nitrogen and oxygen atoms in total. The molecule has 0 saturated heterocycles. The molecule has 0 fully saturated rings. The molecule has 1 rings (SSSR count). The molecular weight excluding hydrogens is 277 g/mol. The van der Waals surface area contributed by atoms with E-state index in [1.807, 2.05) is 0 Å². The van der Waals surface area contributed by atoms with Crippen molar-refractivity contribution in [3.05, 3.63) is 23.4 Å². The molecule has 0 unspecified atom stereocenters. The minimum Gasteiger partial charge on any atom is -0.465 e. The summed E-state index contributed by atoms with van der Waals surface area (Å²) >= 11 is 0. The number of hydrogen-bond donors (Lipinski definition) is 1. The summed E-state index contributed by atoms with van der Waals surface area (Å²) in [6.07, 6.45) is -4.32. The van der Waals surface area contributed by atoms with Crippen molar-refractivity contribution in [2.24, 2.45) is 0 Å². The van der Waals surface area contributed by atoms with Crippen LogP contribution in [0.1, 0.15) is 16.1 Å². The van der Waals surface area contributed by atoms with Crippen LogP contribution in [0.2, 0.25) is 0 Å². The Morgan fingerprint density at radius 3 is 2.65 bits per heavy atom. The molecule has 0 saturated carbocycles. The fourth-order valence-electron chi connectivity index (χ4n) is 1.42. The number of nitrogens with one attached hydrogen (secondary N) is 1. The Kier molecular flexibility index (Phi) is 5.75. The van der Waals surface area contributed by atoms with Crippen LogP contribution in [0.15, 0.2) is 12.1 Å². The van der Waals surface area contributed by atoms with Gasteiger partial charge in [-0.05, 0) is 19.1 Å². The smallest absolute Gasteiger partial charge is 0.411 e. The molecule has 1 aromatic rings. The van der Waals surface area contributed by atoms with E-state index < -0.39 is 18.8 Å². The lowest BCUT2D eigenvalue weighted by atomic mass is 10.2. The van der Waals surface area contributed by atoms with Gasteiger partial charge in [0.05, 0.1) is 25.0 Å². The lowest BCUT2D eigenvalue weighted by Gasteiger charge is -2.10. The van der Waals surface area contributed by atoms with Crippen molar-refractivity contribution in [1.82, 2.24) is 4.98 Å². The second-order valence-electron chi connectivity index (χ2n) is 3.92. The van der Waals surface area contributed by atoms with Gasteiger partial charge in [0, 0.05) is 6.54 Å². The molecule has 1 N–H and O–H groups in total. The van der Waals surface area contributed by atoms with Gasteiger partial charge in [-0.3, -0.25) is 0 Å². The largest absolute Gasteiger partial charge is 0.465 e. The van der Waals surface area contributed by atoms with Crippen LogP contribution in [-0.4, -0.2) is 44.0 Å². The molecule has 0 aliphatic heterocycles. The van der Waals surface area contributed by atoms with Gasteiger partial charge in [-0.2, -0.15) is 13.2 Å². The standard InChI is InChI=1S/C12H15F3N2O3/c1-8-9(11(18)19-2)3-4-10(17-8)16-5-6-20-7-12(13,14)15/h3-4H,5-7H2,1-2H3,(H,16,17). The number of halogens is 3. The van der Waals surface area contributed by atoms with Gasteiger partial charge in [0.2, 0.25) is 0 Å². The van der Waals surface area contributed by atoms with Crippen molar-refractivity contribution < 1.29 is 27.4 Å². The first-order valence-electron chi connectivity index (χ1n) is 5.78. The number of aromatic nitrogens is 1. The summed E-state index contributed by atoms with van der Waals surface area (Å²) in [6, 6.07) is 3.08. The third-order valence-corrected chi connectivity index (χ3v) is 2.31. The summed E-state index contributed by atoms with van der Waals surface area (Å²) in [6.45, 7) is 0.444. The predicted octanol–water partition coefficient (Wildman–Crippen LogP) is 2.17. The molecule has 0 amide bonds. The number of pyridine rings is 1. The Balaban J connectivity index is 2.42. The van der Waals surface area contributed by atoms with Gasteiger partial charge >= 0.3 is 12.1 Å². The molecular formula is C12H15F3N2O3. The minimum absolute atomic E-state index is 0.0982. The average molecular weight is 292 g/mol. The Bertz CT molecular complexity index is 464. The number of carbonyl (C=O) groups excluding carboxylic acids is 1. The van der Waals surface area contributed by atoms with Crippen LogP contribution in [0.5, 0.6) is 0 Å². The van der Waals surface area contributed by atoms with Crippen molar-refractivity contribution in [2.75, 3.05) is 32.2 Å². The highest BCUT2D eigenvalue weighted by atomic mass is 19.4. The SMILES string of the molecule is COC(=O)c1ccc(NCCOCC(F)(F)F)nc1C. The maximum Gasteiger partial charge on any atom is 0.411 e. The Labute approximate surface area is 114 Å². The molecule has 0 radical (unpaired) electrons. The fraction of sp³-hybridized carbons (Fsp3) is 0.500. The summed E-state index contributed by atoms with van der Waals surface area (Å²) in [7, 11) is 1.27. The number of esters is 1. The van der Waals surface area contributed by atoms with Gasteiger partial charge in [-0.1, -0.05) is 0 Å². The molecule has 0 bridgehead atoms. The van der Waals surface area contributed by atoms with Gasteiger partial charge in [-0.25, -0.2) is 9.78 Å². The zero-order valence-electron chi connectivity index (χ0n) is 11.1. The van der Waals surface area contributed by atoms with Crippen LogP contribution in [-0.2, 0) is 9.47 Å². The van der Waals surface area contributed by atoms with Crippen LogP contribution in [0, 0.1) is 6.92 Å². The number of carbonyl (C=O) groups is 1. The molecule has 0 atom stereocenters. The number of rotatable bonds is 6. The zero-order chi connectivity index (χ0) is 15.2. The van der Waals surface area contributed by atoms with E-state index in [-0.39, 0.29) is 13.2 Å². The fourth-order valence-corrected chi connectivity index (χ4v) is 1.42. The number of aryl methyl sites for hydroxylation is 1. The van der Waals surface area contributed by atoms with Crippen LogP contribution < -0.4 is 5.32 Å². The Morgan fingerprint density at radius 2 is 2.10 bits per heavy atom. The molecule has 20 heavy (non-hydrogen) atoms. The third-order valence-electron chi connectivity index (χ3n) is 2.31. The molecule has 0 aromatic carbocycles. The molecule has 8 heteroatoms. The van der Waals surface area contributed by atoms with Crippen LogP contribution >= 0.6 is 0 Å². The van der Waals surface area contributed by atoms with Crippen molar-refractivity contribution in [1.29, 1.82) is 0 Å². The lowest BCUT2D eigenvalue weighted by Crippen LogP contribution is -2.20.